The van der Waals surface area contributed by atoms with Crippen LogP contribution in [-0.2, 0) is 4.79 Å². The number of methoxy groups -OCH3 is 1. The van der Waals surface area contributed by atoms with Gasteiger partial charge in [-0.25, -0.2) is 5.43 Å². The number of benzene rings is 2. The third-order valence-corrected chi connectivity index (χ3v) is 5.30. The zero-order chi connectivity index (χ0) is 23.1. The summed E-state index contributed by atoms with van der Waals surface area (Å²) >= 11 is 6.09. The summed E-state index contributed by atoms with van der Waals surface area (Å²) < 4.78 is 5.46. The van der Waals surface area contributed by atoms with Gasteiger partial charge in [0, 0.05) is 0 Å². The molecule has 7 heteroatoms. The molecule has 166 valence electrons. The van der Waals surface area contributed by atoms with Gasteiger partial charge >= 0.3 is 0 Å². The summed E-state index contributed by atoms with van der Waals surface area (Å²) in [6.07, 6.45) is 1.60. The molecule has 6 nitrogen and oxygen atoms in total. The molecule has 0 heterocycles. The number of nitrogens with zero attached hydrogens (tertiary/aromatic N) is 1. The number of hydrazone groups is 1. The van der Waals surface area contributed by atoms with Gasteiger partial charge in [-0.15, -0.1) is 0 Å². The topological polar surface area (TPSA) is 79.8 Å². The van der Waals surface area contributed by atoms with E-state index in [4.69, 9.17) is 16.3 Å². The van der Waals surface area contributed by atoms with E-state index in [0.29, 0.717) is 10.6 Å². The number of ether oxygens (including phenoxy) is 1. The molecule has 0 saturated heterocycles. The van der Waals surface area contributed by atoms with Gasteiger partial charge in [-0.3, -0.25) is 9.59 Å². The van der Waals surface area contributed by atoms with Crippen LogP contribution in [0.3, 0.4) is 0 Å². The number of hydrogen-bond donors (Lipinski definition) is 2. The van der Waals surface area contributed by atoms with Gasteiger partial charge in [0.2, 0.25) is 0 Å². The van der Waals surface area contributed by atoms with E-state index in [1.54, 1.807) is 37.6 Å². The van der Waals surface area contributed by atoms with E-state index in [-0.39, 0.29) is 11.8 Å². The van der Waals surface area contributed by atoms with Gasteiger partial charge in [0.15, 0.2) is 0 Å². The number of nitrogens with one attached hydrogen (secondary N) is 2. The maximum Gasteiger partial charge on any atom is 0.262 e. The first-order valence-electron chi connectivity index (χ1n) is 10.2. The second kappa shape index (κ2) is 11.0. The molecule has 2 N–H and O–H groups in total. The van der Waals surface area contributed by atoms with Crippen molar-refractivity contribution in [3.05, 3.63) is 63.7 Å². The number of carbonyl (C=O) groups excluding carboxylic acids is 2. The number of amides is 2. The third kappa shape index (κ3) is 6.31. The summed E-state index contributed by atoms with van der Waals surface area (Å²) in [5.74, 6) is 0.160. The fourth-order valence-electron chi connectivity index (χ4n) is 3.12. The zero-order valence-corrected chi connectivity index (χ0v) is 19.6. The molecule has 0 spiro atoms. The molecule has 2 amide bonds. The Morgan fingerprint density at radius 3 is 2.39 bits per heavy atom. The predicted molar refractivity (Wildman–Crippen MR) is 125 cm³/mol. The van der Waals surface area contributed by atoms with Crippen LogP contribution in [0.25, 0.3) is 0 Å². The van der Waals surface area contributed by atoms with Crippen LogP contribution in [0.5, 0.6) is 5.75 Å². The Labute approximate surface area is 189 Å². The molecule has 0 aliphatic rings. The van der Waals surface area contributed by atoms with Gasteiger partial charge in [0.05, 0.1) is 23.9 Å². The van der Waals surface area contributed by atoms with Crippen molar-refractivity contribution in [3.63, 3.8) is 0 Å². The lowest BCUT2D eigenvalue weighted by molar-refractivity contribution is -0.123. The van der Waals surface area contributed by atoms with Crippen LogP contribution in [0.2, 0.25) is 5.02 Å². The summed E-state index contributed by atoms with van der Waals surface area (Å²) in [5, 5.41) is 7.19. The van der Waals surface area contributed by atoms with Crippen molar-refractivity contribution < 1.29 is 14.3 Å². The van der Waals surface area contributed by atoms with Gasteiger partial charge in [-0.2, -0.15) is 5.10 Å². The second-order valence-electron chi connectivity index (χ2n) is 8.01. The van der Waals surface area contributed by atoms with E-state index in [1.807, 2.05) is 32.9 Å². The second-order valence-corrected chi connectivity index (χ2v) is 8.42. The Hall–Kier alpha value is -2.86. The minimum absolute atomic E-state index is 0.142. The van der Waals surface area contributed by atoms with Crippen molar-refractivity contribution >= 4 is 29.6 Å². The zero-order valence-electron chi connectivity index (χ0n) is 18.8. The molecule has 0 saturated carbocycles. The summed E-state index contributed by atoms with van der Waals surface area (Å²) in [4.78, 5) is 25.3. The number of carbonyl (C=O) groups is 2. The molecular formula is C24H30ClN3O3. The largest absolute Gasteiger partial charge is 0.496 e. The van der Waals surface area contributed by atoms with Crippen LogP contribution in [0.4, 0.5) is 0 Å². The Morgan fingerprint density at radius 1 is 1.13 bits per heavy atom. The highest BCUT2D eigenvalue weighted by molar-refractivity contribution is 6.33. The Morgan fingerprint density at radius 2 is 1.81 bits per heavy atom. The molecule has 1 unspecified atom stereocenters. The average Bonchev–Trinajstić information content (AvgIpc) is 2.72. The predicted octanol–water partition coefficient (Wildman–Crippen LogP) is 4.69. The maximum atomic E-state index is 12.7. The molecule has 1 atom stereocenters. The third-order valence-electron chi connectivity index (χ3n) is 4.97. The molecule has 0 aliphatic heterocycles. The molecule has 31 heavy (non-hydrogen) atoms. The van der Waals surface area contributed by atoms with Gasteiger partial charge in [-0.05, 0) is 59.7 Å². The van der Waals surface area contributed by atoms with Crippen molar-refractivity contribution in [2.75, 3.05) is 7.11 Å². The van der Waals surface area contributed by atoms with Crippen LogP contribution in [0.1, 0.15) is 60.7 Å². The van der Waals surface area contributed by atoms with Crippen molar-refractivity contribution in [2.24, 2.45) is 11.0 Å². The molecule has 2 rings (SSSR count). The first-order valence-corrected chi connectivity index (χ1v) is 10.6. The summed E-state index contributed by atoms with van der Waals surface area (Å²) in [5.41, 5.74) is 5.78. The first-order chi connectivity index (χ1) is 14.6. The highest BCUT2D eigenvalue weighted by atomic mass is 35.5. The van der Waals surface area contributed by atoms with E-state index < -0.39 is 17.9 Å². The SMILES string of the molecule is COc1cc(C)c(/C=N/NC(=O)C(NC(=O)c2ccccc2Cl)C(C)C)cc1C(C)C. The van der Waals surface area contributed by atoms with E-state index in [0.717, 1.165) is 22.4 Å². The smallest absolute Gasteiger partial charge is 0.262 e. The number of halogens is 1. The van der Waals surface area contributed by atoms with Crippen LogP contribution in [0, 0.1) is 12.8 Å². The molecule has 0 fully saturated rings. The molecule has 0 aliphatic carbocycles. The van der Waals surface area contributed by atoms with Gasteiger partial charge in [0.25, 0.3) is 11.8 Å². The van der Waals surface area contributed by atoms with Crippen LogP contribution in [-0.4, -0.2) is 31.2 Å². The molecular weight excluding hydrogens is 414 g/mol. The monoisotopic (exact) mass is 443 g/mol. The van der Waals surface area contributed by atoms with Crippen LogP contribution in [0.15, 0.2) is 41.5 Å². The minimum atomic E-state index is -0.760. The van der Waals surface area contributed by atoms with Crippen LogP contribution >= 0.6 is 11.6 Å². The minimum Gasteiger partial charge on any atom is -0.496 e. The molecule has 2 aromatic carbocycles. The molecule has 0 aromatic heterocycles. The van der Waals surface area contributed by atoms with Crippen molar-refractivity contribution in [2.45, 2.75) is 46.6 Å². The van der Waals surface area contributed by atoms with E-state index in [1.165, 1.54) is 0 Å². The Balaban J connectivity index is 2.13. The summed E-state index contributed by atoms with van der Waals surface area (Å²) in [6, 6.07) is 9.92. The van der Waals surface area contributed by atoms with Crippen molar-refractivity contribution in [3.8, 4) is 5.75 Å². The Bertz CT molecular complexity index is 971. The lowest BCUT2D eigenvalue weighted by Crippen LogP contribution is -2.48. The molecule has 2 aromatic rings. The van der Waals surface area contributed by atoms with E-state index in [9.17, 15) is 9.59 Å². The van der Waals surface area contributed by atoms with Crippen molar-refractivity contribution in [1.29, 1.82) is 0 Å². The quantitative estimate of drug-likeness (QED) is 0.459. The number of aryl methyl sites for hydroxylation is 1. The summed E-state index contributed by atoms with van der Waals surface area (Å²) in [6.45, 7) is 9.83. The van der Waals surface area contributed by atoms with E-state index in [2.05, 4.69) is 29.7 Å². The lowest BCUT2D eigenvalue weighted by atomic mass is 9.97. The van der Waals surface area contributed by atoms with Crippen molar-refractivity contribution in [1.82, 2.24) is 10.7 Å². The van der Waals surface area contributed by atoms with Gasteiger partial charge < -0.3 is 10.1 Å². The molecule has 0 radical (unpaired) electrons. The maximum absolute atomic E-state index is 12.7. The first kappa shape index (κ1) is 24.4. The highest BCUT2D eigenvalue weighted by Crippen LogP contribution is 2.29. The standard InChI is InChI=1S/C24H30ClN3O3/c1-14(2)19-12-17(16(5)11-21(19)31-6)13-26-28-24(30)22(15(3)4)27-23(29)18-9-7-8-10-20(18)25/h7-15,22H,1-6H3,(H,27,29)(H,28,30)/b26-13+. The lowest BCUT2D eigenvalue weighted by Gasteiger charge is -2.20. The normalized spacial score (nSPS) is 12.3. The fourth-order valence-corrected chi connectivity index (χ4v) is 3.34. The summed E-state index contributed by atoms with van der Waals surface area (Å²) in [7, 11) is 1.65. The number of hydrogen-bond acceptors (Lipinski definition) is 4. The Kier molecular flexibility index (Phi) is 8.63. The van der Waals surface area contributed by atoms with E-state index >= 15 is 0 Å². The van der Waals surface area contributed by atoms with Gasteiger partial charge in [-0.1, -0.05) is 51.4 Å². The highest BCUT2D eigenvalue weighted by Gasteiger charge is 2.25. The van der Waals surface area contributed by atoms with Gasteiger partial charge in [0.1, 0.15) is 11.8 Å². The van der Waals surface area contributed by atoms with Crippen LogP contribution < -0.4 is 15.5 Å². The molecule has 0 bridgehead atoms. The fraction of sp³-hybridized carbons (Fsp3) is 0.375. The average molecular weight is 444 g/mol. The number of rotatable bonds is 8.